The molecule has 0 aliphatic carbocycles. The molecule has 0 saturated carbocycles. The molecule has 0 bridgehead atoms. The highest BCUT2D eigenvalue weighted by molar-refractivity contribution is 5.90. The number of aliphatic hydroxyl groups is 1. The lowest BCUT2D eigenvalue weighted by atomic mass is 10.1. The summed E-state index contributed by atoms with van der Waals surface area (Å²) in [6.45, 7) is 6.24. The lowest BCUT2D eigenvalue weighted by Gasteiger charge is -2.36. The molecule has 1 heterocycles. The summed E-state index contributed by atoms with van der Waals surface area (Å²) in [7, 11) is 0. The number of piperazine rings is 1. The second-order valence-electron chi connectivity index (χ2n) is 4.86. The van der Waals surface area contributed by atoms with Gasteiger partial charge in [0.05, 0.1) is 12.2 Å². The fraction of sp³-hybridized carbons (Fsp3) is 0.500. The maximum atomic E-state index is 11.1. The van der Waals surface area contributed by atoms with Gasteiger partial charge in [0.25, 0.3) is 0 Å². The Morgan fingerprint density at radius 2 is 1.95 bits per heavy atom. The Balaban J connectivity index is 2.07. The molecule has 104 valence electrons. The molecule has 2 N–H and O–H groups in total. The number of hydrogen-bond acceptors (Lipinski definition) is 4. The van der Waals surface area contributed by atoms with Gasteiger partial charge < -0.3 is 15.1 Å². The van der Waals surface area contributed by atoms with Crippen molar-refractivity contribution in [2.75, 3.05) is 44.2 Å². The van der Waals surface area contributed by atoms with Crippen LogP contribution in [0.25, 0.3) is 0 Å². The third kappa shape index (κ3) is 3.24. The van der Waals surface area contributed by atoms with Gasteiger partial charge in [0.1, 0.15) is 0 Å². The zero-order valence-electron chi connectivity index (χ0n) is 11.2. The van der Waals surface area contributed by atoms with E-state index >= 15 is 0 Å². The molecule has 0 aromatic heterocycles. The van der Waals surface area contributed by atoms with Crippen LogP contribution in [-0.4, -0.2) is 60.4 Å². The molecule has 1 aliphatic heterocycles. The highest BCUT2D eigenvalue weighted by atomic mass is 16.4. The first kappa shape index (κ1) is 13.8. The summed E-state index contributed by atoms with van der Waals surface area (Å²) in [5, 5.41) is 18.1. The Bertz CT molecular complexity index is 454. The Morgan fingerprint density at radius 1 is 1.26 bits per heavy atom. The van der Waals surface area contributed by atoms with Crippen molar-refractivity contribution < 1.29 is 15.0 Å². The van der Waals surface area contributed by atoms with Gasteiger partial charge in [-0.05, 0) is 24.6 Å². The fourth-order valence-electron chi connectivity index (χ4n) is 2.41. The van der Waals surface area contributed by atoms with Crippen LogP contribution < -0.4 is 4.90 Å². The van der Waals surface area contributed by atoms with Gasteiger partial charge in [-0.15, -0.1) is 0 Å². The number of carboxylic acid groups (broad SMARTS) is 1. The first-order valence-corrected chi connectivity index (χ1v) is 6.54. The van der Waals surface area contributed by atoms with Crippen LogP contribution in [0.5, 0.6) is 0 Å². The van der Waals surface area contributed by atoms with Crippen LogP contribution in [0.4, 0.5) is 5.69 Å². The van der Waals surface area contributed by atoms with E-state index in [2.05, 4.69) is 9.80 Å². The van der Waals surface area contributed by atoms with Gasteiger partial charge in [-0.2, -0.15) is 0 Å². The van der Waals surface area contributed by atoms with Crippen molar-refractivity contribution in [3.63, 3.8) is 0 Å². The minimum absolute atomic E-state index is 0.188. The standard InChI is InChI=1S/C14H20N2O3/c1-11-2-3-12(10-13(11)14(18)19)16-6-4-15(5-7-16)8-9-17/h2-3,10,17H,4-9H2,1H3,(H,18,19). The molecular weight excluding hydrogens is 244 g/mol. The number of benzene rings is 1. The number of carbonyl (C=O) groups is 1. The molecular formula is C14H20N2O3. The molecule has 0 atom stereocenters. The molecule has 0 unspecified atom stereocenters. The molecule has 1 aromatic carbocycles. The average molecular weight is 264 g/mol. The van der Waals surface area contributed by atoms with Crippen molar-refractivity contribution in [2.24, 2.45) is 0 Å². The van der Waals surface area contributed by atoms with E-state index in [1.807, 2.05) is 19.1 Å². The fourth-order valence-corrected chi connectivity index (χ4v) is 2.41. The second kappa shape index (κ2) is 6.04. The summed E-state index contributed by atoms with van der Waals surface area (Å²) < 4.78 is 0. The molecule has 5 nitrogen and oxygen atoms in total. The SMILES string of the molecule is Cc1ccc(N2CCN(CCO)CC2)cc1C(=O)O. The number of aromatic carboxylic acids is 1. The van der Waals surface area contributed by atoms with Crippen LogP contribution in [0.2, 0.25) is 0 Å². The zero-order valence-corrected chi connectivity index (χ0v) is 11.2. The molecule has 1 saturated heterocycles. The zero-order chi connectivity index (χ0) is 13.8. The molecule has 2 rings (SSSR count). The molecule has 1 fully saturated rings. The van der Waals surface area contributed by atoms with E-state index in [0.29, 0.717) is 12.1 Å². The lowest BCUT2D eigenvalue weighted by molar-refractivity contribution is 0.0696. The number of β-amino-alcohol motifs (C(OH)–C–C–N with tert-alkyl or cyclic N) is 1. The number of rotatable bonds is 4. The maximum Gasteiger partial charge on any atom is 0.336 e. The molecule has 0 radical (unpaired) electrons. The van der Waals surface area contributed by atoms with Crippen molar-refractivity contribution in [2.45, 2.75) is 6.92 Å². The summed E-state index contributed by atoms with van der Waals surface area (Å²) in [6.07, 6.45) is 0. The summed E-state index contributed by atoms with van der Waals surface area (Å²) in [6, 6.07) is 5.59. The lowest BCUT2D eigenvalue weighted by Crippen LogP contribution is -2.47. The van der Waals surface area contributed by atoms with Crippen molar-refractivity contribution in [3.05, 3.63) is 29.3 Å². The maximum absolute atomic E-state index is 11.1. The quantitative estimate of drug-likeness (QED) is 0.842. The smallest absolute Gasteiger partial charge is 0.336 e. The molecule has 0 spiro atoms. The normalized spacial score (nSPS) is 16.6. The van der Waals surface area contributed by atoms with Crippen LogP contribution in [0.3, 0.4) is 0 Å². The Morgan fingerprint density at radius 3 is 2.53 bits per heavy atom. The van der Waals surface area contributed by atoms with Gasteiger partial charge >= 0.3 is 5.97 Å². The highest BCUT2D eigenvalue weighted by Gasteiger charge is 2.18. The largest absolute Gasteiger partial charge is 0.478 e. The summed E-state index contributed by atoms with van der Waals surface area (Å²) >= 11 is 0. The summed E-state index contributed by atoms with van der Waals surface area (Å²) in [5.74, 6) is -0.877. The monoisotopic (exact) mass is 264 g/mol. The van der Waals surface area contributed by atoms with Gasteiger partial charge in [0.2, 0.25) is 0 Å². The number of carboxylic acids is 1. The van der Waals surface area contributed by atoms with E-state index in [1.165, 1.54) is 0 Å². The van der Waals surface area contributed by atoms with Crippen LogP contribution in [0, 0.1) is 6.92 Å². The number of hydrogen-bond donors (Lipinski definition) is 2. The van der Waals surface area contributed by atoms with Gasteiger partial charge in [-0.1, -0.05) is 6.07 Å². The van der Waals surface area contributed by atoms with Gasteiger partial charge in [-0.25, -0.2) is 4.79 Å². The van der Waals surface area contributed by atoms with Crippen molar-refractivity contribution in [1.29, 1.82) is 0 Å². The van der Waals surface area contributed by atoms with E-state index in [4.69, 9.17) is 10.2 Å². The predicted molar refractivity (Wildman–Crippen MR) is 73.9 cm³/mol. The van der Waals surface area contributed by atoms with E-state index in [1.54, 1.807) is 6.07 Å². The number of aliphatic hydroxyl groups excluding tert-OH is 1. The van der Waals surface area contributed by atoms with Crippen LogP contribution >= 0.6 is 0 Å². The first-order chi connectivity index (χ1) is 9.11. The molecule has 1 aliphatic rings. The minimum atomic E-state index is -0.877. The second-order valence-corrected chi connectivity index (χ2v) is 4.86. The molecule has 1 aromatic rings. The van der Waals surface area contributed by atoms with Crippen molar-refractivity contribution >= 4 is 11.7 Å². The summed E-state index contributed by atoms with van der Waals surface area (Å²) in [4.78, 5) is 15.5. The van der Waals surface area contributed by atoms with Crippen LogP contribution in [0.15, 0.2) is 18.2 Å². The summed E-state index contributed by atoms with van der Waals surface area (Å²) in [5.41, 5.74) is 2.12. The van der Waals surface area contributed by atoms with E-state index in [-0.39, 0.29) is 6.61 Å². The highest BCUT2D eigenvalue weighted by Crippen LogP contribution is 2.20. The van der Waals surface area contributed by atoms with Crippen molar-refractivity contribution in [1.82, 2.24) is 4.90 Å². The molecule has 19 heavy (non-hydrogen) atoms. The Labute approximate surface area is 113 Å². The number of aryl methyl sites for hydroxylation is 1. The van der Waals surface area contributed by atoms with Gasteiger partial charge in [-0.3, -0.25) is 4.90 Å². The Hall–Kier alpha value is -1.59. The first-order valence-electron chi connectivity index (χ1n) is 6.54. The third-order valence-electron chi connectivity index (χ3n) is 3.61. The Kier molecular flexibility index (Phi) is 4.39. The third-order valence-corrected chi connectivity index (χ3v) is 3.61. The van der Waals surface area contributed by atoms with Crippen molar-refractivity contribution in [3.8, 4) is 0 Å². The van der Waals surface area contributed by atoms with E-state index in [9.17, 15) is 4.79 Å². The van der Waals surface area contributed by atoms with Crippen LogP contribution in [0.1, 0.15) is 15.9 Å². The van der Waals surface area contributed by atoms with Gasteiger partial charge in [0, 0.05) is 38.4 Å². The average Bonchev–Trinajstić information content (AvgIpc) is 2.40. The van der Waals surface area contributed by atoms with E-state index < -0.39 is 5.97 Å². The predicted octanol–water partition coefficient (Wildman–Crippen LogP) is 0.808. The van der Waals surface area contributed by atoms with Gasteiger partial charge in [0.15, 0.2) is 0 Å². The number of nitrogens with zero attached hydrogens (tertiary/aromatic N) is 2. The molecule has 5 heteroatoms. The van der Waals surface area contributed by atoms with Crippen LogP contribution in [-0.2, 0) is 0 Å². The topological polar surface area (TPSA) is 64.0 Å². The molecule has 0 amide bonds. The number of anilines is 1. The minimum Gasteiger partial charge on any atom is -0.478 e. The van der Waals surface area contributed by atoms with E-state index in [0.717, 1.165) is 37.4 Å².